The lowest BCUT2D eigenvalue weighted by Crippen LogP contribution is -2.54. The number of piperidine rings is 1. The van der Waals surface area contributed by atoms with Crippen LogP contribution in [-0.4, -0.2) is 104 Å². The highest BCUT2D eigenvalue weighted by Crippen LogP contribution is 2.32. The van der Waals surface area contributed by atoms with Crippen LogP contribution in [0.15, 0.2) is 48.5 Å². The molecule has 318 valence electrons. The van der Waals surface area contributed by atoms with E-state index in [-0.39, 0.29) is 62.2 Å². The molecule has 2 heterocycles. The van der Waals surface area contributed by atoms with Crippen molar-refractivity contribution in [2.75, 3.05) is 32.6 Å². The minimum Gasteiger partial charge on any atom is -0.467 e. The van der Waals surface area contributed by atoms with Gasteiger partial charge in [-0.1, -0.05) is 62.1 Å². The third-order valence-corrected chi connectivity index (χ3v) is 9.84. The lowest BCUT2D eigenvalue weighted by atomic mass is 10.0. The summed E-state index contributed by atoms with van der Waals surface area (Å²) in [6, 6.07) is 10.6. The maximum atomic E-state index is 13.3. The molecule has 0 spiro atoms. The number of hydrogen-bond acceptors (Lipinski definition) is 13. The maximum Gasteiger partial charge on any atom is 0.408 e. The van der Waals surface area contributed by atoms with E-state index in [0.29, 0.717) is 18.8 Å². The van der Waals surface area contributed by atoms with Crippen LogP contribution < -0.4 is 26.6 Å². The summed E-state index contributed by atoms with van der Waals surface area (Å²) in [5.74, 6) is -4.60. The van der Waals surface area contributed by atoms with Crippen molar-refractivity contribution in [3.8, 4) is 0 Å². The number of alkyl carbamates (subject to hydrolysis) is 1. The van der Waals surface area contributed by atoms with Crippen molar-refractivity contribution in [1.82, 2.24) is 26.2 Å². The normalized spacial score (nSPS) is 15.6. The van der Waals surface area contributed by atoms with Crippen molar-refractivity contribution in [2.45, 2.75) is 102 Å². The standard InChI is InChI=1S/C41H52N6O12/c1-57-39(54)29(44-33(49)21-18-30(40(55)58-2)45-41(56)59-25-26-13-8-7-9-14-26)17-20-32(48)43-24-11-6-4-3-5-10-23-42-28-16-12-15-27-35(28)38(53)47(37(27)52)31-19-22-34(50)46-36(31)51/h7-9,12-16,29-31,42H,3-6,10-11,17-25H2,1-2H3,(H,43,48)(H,44,49)(H,45,56)(H,46,50,51)/t29-,30-,31?/m0/s1. The summed E-state index contributed by atoms with van der Waals surface area (Å²) in [7, 11) is 2.31. The van der Waals surface area contributed by atoms with Gasteiger partial charge in [0.1, 0.15) is 24.7 Å². The van der Waals surface area contributed by atoms with Gasteiger partial charge in [0, 0.05) is 38.0 Å². The van der Waals surface area contributed by atoms with Crippen LogP contribution in [0.25, 0.3) is 0 Å². The predicted octanol–water partition coefficient (Wildman–Crippen LogP) is 2.64. The highest BCUT2D eigenvalue weighted by molar-refractivity contribution is 6.25. The average molecular weight is 821 g/mol. The number of hydrogen-bond donors (Lipinski definition) is 5. The highest BCUT2D eigenvalue weighted by atomic mass is 16.6. The van der Waals surface area contributed by atoms with E-state index in [0.717, 1.165) is 63.2 Å². The second-order valence-corrected chi connectivity index (χ2v) is 14.1. The molecule has 59 heavy (non-hydrogen) atoms. The number of nitrogens with one attached hydrogen (secondary N) is 5. The first-order valence-electron chi connectivity index (χ1n) is 19.7. The molecule has 2 aliphatic heterocycles. The monoisotopic (exact) mass is 820 g/mol. The summed E-state index contributed by atoms with van der Waals surface area (Å²) < 4.78 is 14.7. The number of esters is 2. The fourth-order valence-electron chi connectivity index (χ4n) is 6.67. The number of methoxy groups -OCH3 is 2. The Morgan fingerprint density at radius 1 is 0.746 bits per heavy atom. The van der Waals surface area contributed by atoms with Gasteiger partial charge in [-0.05, 0) is 49.8 Å². The minimum atomic E-state index is -1.18. The summed E-state index contributed by atoms with van der Waals surface area (Å²) in [4.78, 5) is 113. The van der Waals surface area contributed by atoms with Crippen molar-refractivity contribution >= 4 is 59.2 Å². The third-order valence-electron chi connectivity index (χ3n) is 9.84. The van der Waals surface area contributed by atoms with Gasteiger partial charge in [-0.3, -0.25) is 39.0 Å². The number of benzene rings is 2. The predicted molar refractivity (Wildman–Crippen MR) is 210 cm³/mol. The van der Waals surface area contributed by atoms with E-state index in [1.165, 1.54) is 0 Å². The largest absolute Gasteiger partial charge is 0.467 e. The van der Waals surface area contributed by atoms with Crippen LogP contribution in [0.5, 0.6) is 0 Å². The molecule has 1 saturated heterocycles. The fourth-order valence-corrected chi connectivity index (χ4v) is 6.67. The molecule has 1 unspecified atom stereocenters. The van der Waals surface area contributed by atoms with Gasteiger partial charge < -0.3 is 35.5 Å². The summed E-state index contributed by atoms with van der Waals surface area (Å²) in [5, 5.41) is 13.2. The molecule has 1 fully saturated rings. The zero-order chi connectivity index (χ0) is 42.7. The first-order chi connectivity index (χ1) is 28.4. The van der Waals surface area contributed by atoms with Gasteiger partial charge in [0.05, 0.1) is 25.3 Å². The maximum absolute atomic E-state index is 13.3. The van der Waals surface area contributed by atoms with Gasteiger partial charge in [0.25, 0.3) is 11.8 Å². The van der Waals surface area contributed by atoms with Crippen molar-refractivity contribution in [3.63, 3.8) is 0 Å². The molecule has 0 aliphatic carbocycles. The van der Waals surface area contributed by atoms with Crippen LogP contribution in [0.3, 0.4) is 0 Å². The van der Waals surface area contributed by atoms with Crippen LogP contribution in [0, 0.1) is 0 Å². The van der Waals surface area contributed by atoms with E-state index in [4.69, 9.17) is 14.2 Å². The van der Waals surface area contributed by atoms with Crippen LogP contribution in [0.1, 0.15) is 103 Å². The molecule has 7 amide bonds. The minimum absolute atomic E-state index is 0.0167. The molecule has 5 N–H and O–H groups in total. The summed E-state index contributed by atoms with van der Waals surface area (Å²) in [6.07, 6.45) is 4.02. The van der Waals surface area contributed by atoms with E-state index in [2.05, 4.69) is 26.6 Å². The number of amides is 7. The van der Waals surface area contributed by atoms with Crippen LogP contribution in [-0.2, 0) is 49.6 Å². The molecule has 0 saturated carbocycles. The zero-order valence-electron chi connectivity index (χ0n) is 33.3. The van der Waals surface area contributed by atoms with E-state index in [9.17, 15) is 43.2 Å². The van der Waals surface area contributed by atoms with Crippen molar-refractivity contribution in [1.29, 1.82) is 0 Å². The van der Waals surface area contributed by atoms with E-state index < -0.39 is 65.7 Å². The summed E-state index contributed by atoms with van der Waals surface area (Å²) in [5.41, 5.74) is 1.71. The second kappa shape index (κ2) is 23.2. The van der Waals surface area contributed by atoms with Gasteiger partial charge in [0.15, 0.2) is 0 Å². The number of rotatable bonds is 23. The summed E-state index contributed by atoms with van der Waals surface area (Å²) in [6.45, 7) is 0.980. The Labute approximate surface area is 341 Å². The first kappa shape index (κ1) is 45.4. The number of anilines is 1. The van der Waals surface area contributed by atoms with E-state index >= 15 is 0 Å². The Hall–Kier alpha value is -6.33. The van der Waals surface area contributed by atoms with Crippen LogP contribution in [0.4, 0.5) is 10.5 Å². The number of imide groups is 2. The van der Waals surface area contributed by atoms with Crippen LogP contribution >= 0.6 is 0 Å². The smallest absolute Gasteiger partial charge is 0.408 e. The highest BCUT2D eigenvalue weighted by Gasteiger charge is 2.45. The topological polar surface area (TPSA) is 245 Å². The molecule has 2 aromatic rings. The number of carbonyl (C=O) groups excluding carboxylic acids is 9. The fraction of sp³-hybridized carbons (Fsp3) is 0.488. The molecular formula is C41H52N6O12. The Morgan fingerprint density at radius 3 is 2.03 bits per heavy atom. The second-order valence-electron chi connectivity index (χ2n) is 14.1. The number of nitrogens with zero attached hydrogens (tertiary/aromatic N) is 1. The number of fused-ring (bicyclic) bond motifs is 1. The molecule has 18 heteroatoms. The number of unbranched alkanes of at least 4 members (excludes halogenated alkanes) is 5. The molecule has 18 nitrogen and oxygen atoms in total. The molecular weight excluding hydrogens is 768 g/mol. The molecule has 0 bridgehead atoms. The lowest BCUT2D eigenvalue weighted by molar-refractivity contribution is -0.146. The van der Waals surface area contributed by atoms with Gasteiger partial charge in [-0.15, -0.1) is 0 Å². The third kappa shape index (κ3) is 13.6. The molecule has 3 atom stereocenters. The average Bonchev–Trinajstić information content (AvgIpc) is 3.49. The SMILES string of the molecule is COC(=O)[C@H](CCC(=O)NCCCCCCCCNc1cccc2c1C(=O)N(C1CCC(=O)NC1=O)C2=O)NC(=O)CC[C@H](NC(=O)OCc1ccccc1)C(=O)OC. The molecule has 2 aromatic carbocycles. The zero-order valence-corrected chi connectivity index (χ0v) is 33.3. The van der Waals surface area contributed by atoms with Gasteiger partial charge in [-0.2, -0.15) is 0 Å². The quantitative estimate of drug-likeness (QED) is 0.0469. The molecule has 0 radical (unpaired) electrons. The Morgan fingerprint density at radius 2 is 1.37 bits per heavy atom. The summed E-state index contributed by atoms with van der Waals surface area (Å²) >= 11 is 0. The molecule has 4 rings (SSSR count). The molecule has 0 aromatic heterocycles. The van der Waals surface area contributed by atoms with Crippen LogP contribution in [0.2, 0.25) is 0 Å². The first-order valence-corrected chi connectivity index (χ1v) is 19.7. The lowest BCUT2D eigenvalue weighted by Gasteiger charge is -2.27. The van der Waals surface area contributed by atoms with Crippen molar-refractivity contribution in [3.05, 3.63) is 65.2 Å². The van der Waals surface area contributed by atoms with Gasteiger partial charge in [-0.25, -0.2) is 14.4 Å². The molecule has 2 aliphatic rings. The number of carbonyl (C=O) groups is 9. The van der Waals surface area contributed by atoms with Gasteiger partial charge >= 0.3 is 18.0 Å². The van der Waals surface area contributed by atoms with Crippen molar-refractivity contribution in [2.24, 2.45) is 0 Å². The van der Waals surface area contributed by atoms with Crippen molar-refractivity contribution < 1.29 is 57.4 Å². The Balaban J connectivity index is 1.08. The van der Waals surface area contributed by atoms with Gasteiger partial charge in [0.2, 0.25) is 23.6 Å². The Kier molecular flexibility index (Phi) is 17.8. The van der Waals surface area contributed by atoms with E-state index in [1.54, 1.807) is 42.5 Å². The van der Waals surface area contributed by atoms with E-state index in [1.807, 2.05) is 6.07 Å². The Bertz CT molecular complexity index is 1850. The number of ether oxygens (including phenoxy) is 3.